The van der Waals surface area contributed by atoms with Crippen LogP contribution in [0.5, 0.6) is 0 Å². The first-order valence-corrected chi connectivity index (χ1v) is 12.6. The number of halogens is 1. The molecule has 0 N–H and O–H groups in total. The molecule has 158 valence electrons. The molecule has 0 radical (unpaired) electrons. The molecule has 0 saturated carbocycles. The molecule has 0 amide bonds. The molecule has 2 saturated heterocycles. The molecule has 0 aromatic heterocycles. The van der Waals surface area contributed by atoms with Crippen molar-refractivity contribution in [1.82, 2.24) is 9.21 Å². The van der Waals surface area contributed by atoms with E-state index in [9.17, 15) is 8.42 Å². The number of sulfonamides is 1. The Morgan fingerprint density at radius 3 is 2.32 bits per heavy atom. The minimum atomic E-state index is -3.38. The van der Waals surface area contributed by atoms with Gasteiger partial charge in [0.05, 0.1) is 5.75 Å². The van der Waals surface area contributed by atoms with Gasteiger partial charge < -0.3 is 9.64 Å². The number of nitrogens with zero attached hydrogens (tertiary/aromatic N) is 2. The highest BCUT2D eigenvalue weighted by atomic mass is 35.5. The van der Waals surface area contributed by atoms with Crippen molar-refractivity contribution in [1.29, 1.82) is 0 Å². The Labute approximate surface area is 175 Å². The van der Waals surface area contributed by atoms with E-state index >= 15 is 0 Å². The summed E-state index contributed by atoms with van der Waals surface area (Å²) in [6.45, 7) is 5.16. The summed E-state index contributed by atoms with van der Waals surface area (Å²) in [7, 11) is -3.38. The minimum absolute atomic E-state index is 0.0330. The van der Waals surface area contributed by atoms with Crippen LogP contribution in [0.15, 0.2) is 24.3 Å². The fourth-order valence-electron chi connectivity index (χ4n) is 4.21. The molecule has 1 aromatic rings. The number of hydrogen-bond acceptors (Lipinski definition) is 4. The maximum Gasteiger partial charge on any atom is 0.218 e. The molecule has 1 aromatic carbocycles. The third kappa shape index (κ3) is 6.70. The molecule has 7 heteroatoms. The second kappa shape index (κ2) is 10.9. The largest absolute Gasteiger partial charge is 0.381 e. The normalized spacial score (nSPS) is 20.4. The van der Waals surface area contributed by atoms with Crippen LogP contribution in [0.3, 0.4) is 0 Å². The van der Waals surface area contributed by atoms with Crippen LogP contribution in [0.25, 0.3) is 0 Å². The Morgan fingerprint density at radius 2 is 1.68 bits per heavy atom. The molecule has 2 heterocycles. The lowest BCUT2D eigenvalue weighted by molar-refractivity contribution is 0.0576. The summed E-state index contributed by atoms with van der Waals surface area (Å²) in [4.78, 5) is 2.50. The predicted octanol–water partition coefficient (Wildman–Crippen LogP) is 3.92. The zero-order valence-corrected chi connectivity index (χ0v) is 18.3. The van der Waals surface area contributed by atoms with Gasteiger partial charge in [-0.3, -0.25) is 0 Å². The van der Waals surface area contributed by atoms with E-state index in [0.717, 1.165) is 44.5 Å². The molecule has 0 atom stereocenters. The van der Waals surface area contributed by atoms with Crippen LogP contribution in [0.2, 0.25) is 5.02 Å². The number of likely N-dealkylation sites (tertiary alicyclic amines) is 1. The maximum atomic E-state index is 13.3. The van der Waals surface area contributed by atoms with Gasteiger partial charge in [0, 0.05) is 30.8 Å². The van der Waals surface area contributed by atoms with Crippen molar-refractivity contribution in [2.24, 2.45) is 0 Å². The van der Waals surface area contributed by atoms with Crippen molar-refractivity contribution in [3.63, 3.8) is 0 Å². The van der Waals surface area contributed by atoms with Gasteiger partial charge in [-0.05, 0) is 69.4 Å². The van der Waals surface area contributed by atoms with Crippen LogP contribution in [-0.4, -0.2) is 63.1 Å². The molecule has 2 fully saturated rings. The molecule has 28 heavy (non-hydrogen) atoms. The molecule has 3 rings (SSSR count). The van der Waals surface area contributed by atoms with Gasteiger partial charge in [-0.2, -0.15) is 4.31 Å². The third-order valence-electron chi connectivity index (χ3n) is 5.77. The van der Waals surface area contributed by atoms with Crippen LogP contribution in [0, 0.1) is 0 Å². The zero-order chi connectivity index (χ0) is 19.8. The Morgan fingerprint density at radius 1 is 1.04 bits per heavy atom. The fourth-order valence-corrected chi connectivity index (χ4v) is 6.18. The topological polar surface area (TPSA) is 49.9 Å². The van der Waals surface area contributed by atoms with Crippen molar-refractivity contribution in [2.75, 3.05) is 39.4 Å². The lowest BCUT2D eigenvalue weighted by Crippen LogP contribution is -2.45. The van der Waals surface area contributed by atoms with Crippen LogP contribution < -0.4 is 0 Å². The molecule has 0 spiro atoms. The summed E-state index contributed by atoms with van der Waals surface area (Å²) in [6, 6.07) is 7.17. The first-order valence-electron chi connectivity index (χ1n) is 10.6. The van der Waals surface area contributed by atoms with Crippen molar-refractivity contribution in [3.8, 4) is 0 Å². The number of hydrogen-bond donors (Lipinski definition) is 0. The fraction of sp³-hybridized carbons (Fsp3) is 0.714. The highest BCUT2D eigenvalue weighted by Crippen LogP contribution is 2.22. The highest BCUT2D eigenvalue weighted by molar-refractivity contribution is 7.88. The Hall–Kier alpha value is -0.660. The van der Waals surface area contributed by atoms with Crippen LogP contribution in [-0.2, 0) is 20.5 Å². The lowest BCUT2D eigenvalue weighted by atomic mass is 10.1. The number of benzene rings is 1. The van der Waals surface area contributed by atoms with Gasteiger partial charge in [0.15, 0.2) is 0 Å². The molecule has 0 bridgehead atoms. The molecule has 2 aliphatic heterocycles. The molecule has 0 unspecified atom stereocenters. The minimum Gasteiger partial charge on any atom is -0.381 e. The van der Waals surface area contributed by atoms with E-state index in [4.69, 9.17) is 16.3 Å². The van der Waals surface area contributed by atoms with Gasteiger partial charge in [0.25, 0.3) is 0 Å². The summed E-state index contributed by atoms with van der Waals surface area (Å²) < 4.78 is 33.7. The molecular weight excluding hydrogens is 396 g/mol. The number of ether oxygens (including phenoxy) is 1. The SMILES string of the molecule is O=S(=O)(Cc1ccc(Cl)cc1)N(CCCN1CCCCCC1)C1CCOCC1. The van der Waals surface area contributed by atoms with E-state index in [-0.39, 0.29) is 11.8 Å². The standard InChI is InChI=1S/C21H33ClN2O3S/c22-20-8-6-19(7-9-20)18-28(25,26)24(21-10-16-27-17-11-21)15-5-14-23-12-3-1-2-4-13-23/h6-9,21H,1-5,10-18H2. The predicted molar refractivity (Wildman–Crippen MR) is 114 cm³/mol. The second-order valence-corrected chi connectivity index (χ2v) is 10.3. The molecular formula is C21H33ClN2O3S. The van der Waals surface area contributed by atoms with Crippen molar-refractivity contribution in [3.05, 3.63) is 34.9 Å². The van der Waals surface area contributed by atoms with Gasteiger partial charge in [0.2, 0.25) is 10.0 Å². The molecule has 5 nitrogen and oxygen atoms in total. The zero-order valence-electron chi connectivity index (χ0n) is 16.7. The summed E-state index contributed by atoms with van der Waals surface area (Å²) in [5.41, 5.74) is 0.786. The highest BCUT2D eigenvalue weighted by Gasteiger charge is 2.31. The van der Waals surface area contributed by atoms with Crippen molar-refractivity contribution in [2.45, 2.75) is 56.7 Å². The van der Waals surface area contributed by atoms with E-state index in [0.29, 0.717) is 24.8 Å². The van der Waals surface area contributed by atoms with E-state index < -0.39 is 10.0 Å². The van der Waals surface area contributed by atoms with Crippen molar-refractivity contribution < 1.29 is 13.2 Å². The third-order valence-corrected chi connectivity index (χ3v) is 7.91. The first-order chi connectivity index (χ1) is 13.5. The van der Waals surface area contributed by atoms with Gasteiger partial charge in [-0.1, -0.05) is 36.6 Å². The summed E-state index contributed by atoms with van der Waals surface area (Å²) in [5.74, 6) is 0.0330. The van der Waals surface area contributed by atoms with E-state index in [2.05, 4.69) is 4.90 Å². The van der Waals surface area contributed by atoms with Crippen molar-refractivity contribution >= 4 is 21.6 Å². The Kier molecular flexibility index (Phi) is 8.60. The van der Waals surface area contributed by atoms with Gasteiger partial charge in [0.1, 0.15) is 0 Å². The van der Waals surface area contributed by atoms with E-state index in [1.807, 2.05) is 0 Å². The smallest absolute Gasteiger partial charge is 0.218 e. The summed E-state index contributed by atoms with van der Waals surface area (Å²) >= 11 is 5.94. The summed E-state index contributed by atoms with van der Waals surface area (Å²) in [6.07, 6.45) is 7.61. The van der Waals surface area contributed by atoms with Crippen LogP contribution in [0.4, 0.5) is 0 Å². The second-order valence-electron chi connectivity index (χ2n) is 7.95. The first kappa shape index (κ1) is 22.0. The van der Waals surface area contributed by atoms with E-state index in [1.165, 1.54) is 25.7 Å². The Balaban J connectivity index is 1.64. The van der Waals surface area contributed by atoms with Gasteiger partial charge in [-0.25, -0.2) is 8.42 Å². The van der Waals surface area contributed by atoms with Crippen LogP contribution in [0.1, 0.15) is 50.5 Å². The molecule has 0 aliphatic carbocycles. The van der Waals surface area contributed by atoms with E-state index in [1.54, 1.807) is 28.6 Å². The van der Waals surface area contributed by atoms with Gasteiger partial charge >= 0.3 is 0 Å². The molecule has 2 aliphatic rings. The van der Waals surface area contributed by atoms with Gasteiger partial charge in [-0.15, -0.1) is 0 Å². The lowest BCUT2D eigenvalue weighted by Gasteiger charge is -2.34. The average Bonchev–Trinajstić information content (AvgIpc) is 2.96. The summed E-state index contributed by atoms with van der Waals surface area (Å²) in [5, 5.41) is 0.625. The quantitative estimate of drug-likeness (QED) is 0.629. The maximum absolute atomic E-state index is 13.3. The Bertz CT molecular complexity index is 682. The van der Waals surface area contributed by atoms with Crippen LogP contribution >= 0.6 is 11.6 Å². The monoisotopic (exact) mass is 428 g/mol. The number of rotatable bonds is 8. The average molecular weight is 429 g/mol.